The fourth-order valence-corrected chi connectivity index (χ4v) is 1.58. The van der Waals surface area contributed by atoms with Crippen molar-refractivity contribution >= 4 is 11.9 Å². The summed E-state index contributed by atoms with van der Waals surface area (Å²) in [5, 5.41) is 1.06. The second kappa shape index (κ2) is 10.8. The van der Waals surface area contributed by atoms with E-state index in [1.807, 2.05) is 0 Å². The lowest BCUT2D eigenvalue weighted by atomic mass is 10.00. The summed E-state index contributed by atoms with van der Waals surface area (Å²) in [6.07, 6.45) is 4.76. The molecule has 5 nitrogen and oxygen atoms in total. The maximum Gasteiger partial charge on any atom is 0.328 e. The van der Waals surface area contributed by atoms with Crippen LogP contribution < -0.4 is 0 Å². The molecule has 0 aliphatic heterocycles. The molecule has 0 rings (SSSR count). The lowest BCUT2D eigenvalue weighted by Gasteiger charge is -2.23. The second-order valence-corrected chi connectivity index (χ2v) is 4.57. The molecule has 0 heterocycles. The van der Waals surface area contributed by atoms with Gasteiger partial charge in [0.15, 0.2) is 0 Å². The Morgan fingerprint density at radius 1 is 1.00 bits per heavy atom. The smallest absolute Gasteiger partial charge is 0.328 e. The molecule has 0 saturated carbocycles. The van der Waals surface area contributed by atoms with Gasteiger partial charge in [0.2, 0.25) is 0 Å². The van der Waals surface area contributed by atoms with Crippen molar-refractivity contribution in [1.82, 2.24) is 5.23 Å². The van der Waals surface area contributed by atoms with Gasteiger partial charge in [-0.3, -0.25) is 9.59 Å². The van der Waals surface area contributed by atoms with Crippen LogP contribution in [0.5, 0.6) is 0 Å². The summed E-state index contributed by atoms with van der Waals surface area (Å²) < 4.78 is 0. The first-order valence-electron chi connectivity index (χ1n) is 7.26. The van der Waals surface area contributed by atoms with E-state index in [1.54, 1.807) is 13.8 Å². The molecule has 0 bridgehead atoms. The van der Waals surface area contributed by atoms with E-state index in [0.29, 0.717) is 12.5 Å². The van der Waals surface area contributed by atoms with Crippen LogP contribution in [0.25, 0.3) is 0 Å². The number of hydrogen-bond acceptors (Lipinski definition) is 5. The van der Waals surface area contributed by atoms with Crippen LogP contribution in [0.1, 0.15) is 66.2 Å². The Morgan fingerprint density at radius 3 is 1.89 bits per heavy atom. The predicted molar refractivity (Wildman–Crippen MR) is 72.8 cm³/mol. The van der Waals surface area contributed by atoms with Crippen LogP contribution in [0.4, 0.5) is 0 Å². The van der Waals surface area contributed by atoms with E-state index in [9.17, 15) is 9.59 Å². The van der Waals surface area contributed by atoms with Crippen LogP contribution in [0, 0.1) is 5.92 Å². The van der Waals surface area contributed by atoms with E-state index in [0.717, 1.165) is 30.9 Å². The minimum Gasteiger partial charge on any atom is -0.333 e. The molecule has 0 aromatic rings. The summed E-state index contributed by atoms with van der Waals surface area (Å²) in [5.74, 6) is -0.433. The largest absolute Gasteiger partial charge is 0.333 e. The number of unbranched alkanes of at least 4 members (excludes halogenated alkanes) is 1. The zero-order chi connectivity index (χ0) is 14.7. The average Bonchev–Trinajstić information content (AvgIpc) is 2.42. The van der Waals surface area contributed by atoms with Gasteiger partial charge in [0.25, 0.3) is 0 Å². The molecule has 0 N–H and O–H groups in total. The molecular weight excluding hydrogens is 246 g/mol. The Hall–Kier alpha value is -1.10. The van der Waals surface area contributed by atoms with Crippen molar-refractivity contribution in [3.63, 3.8) is 0 Å². The van der Waals surface area contributed by atoms with Crippen LogP contribution in [0.15, 0.2) is 0 Å². The molecule has 0 aromatic carbocycles. The average molecular weight is 273 g/mol. The van der Waals surface area contributed by atoms with Gasteiger partial charge in [-0.15, -0.1) is 0 Å². The van der Waals surface area contributed by atoms with Crippen molar-refractivity contribution in [3.8, 4) is 0 Å². The van der Waals surface area contributed by atoms with E-state index in [-0.39, 0.29) is 12.8 Å². The van der Waals surface area contributed by atoms with E-state index in [4.69, 9.17) is 9.68 Å². The topological polar surface area (TPSA) is 55.8 Å². The zero-order valence-electron chi connectivity index (χ0n) is 12.6. The van der Waals surface area contributed by atoms with Gasteiger partial charge >= 0.3 is 11.9 Å². The fourth-order valence-electron chi connectivity index (χ4n) is 1.58. The predicted octanol–water partition coefficient (Wildman–Crippen LogP) is 3.24. The van der Waals surface area contributed by atoms with E-state index in [2.05, 4.69) is 13.8 Å². The summed E-state index contributed by atoms with van der Waals surface area (Å²) in [7, 11) is 0. The van der Waals surface area contributed by atoms with Gasteiger partial charge < -0.3 is 9.68 Å². The first kappa shape index (κ1) is 17.9. The summed E-state index contributed by atoms with van der Waals surface area (Å²) >= 11 is 0. The molecule has 112 valence electrons. The Labute approximate surface area is 116 Å². The third-order valence-corrected chi connectivity index (χ3v) is 2.94. The van der Waals surface area contributed by atoms with Gasteiger partial charge in [0, 0.05) is 18.1 Å². The first-order valence-corrected chi connectivity index (χ1v) is 7.26. The number of nitrogens with zero attached hydrogens (tertiary/aromatic N) is 1. The highest BCUT2D eigenvalue weighted by Gasteiger charge is 2.19. The third kappa shape index (κ3) is 8.59. The molecular formula is C14H27NO4. The Kier molecular flexibility index (Phi) is 10.2. The van der Waals surface area contributed by atoms with Crippen molar-refractivity contribution in [1.29, 1.82) is 0 Å². The summed E-state index contributed by atoms with van der Waals surface area (Å²) in [4.78, 5) is 32.7. The SMILES string of the molecule is CCCCC(CC)CN(OC(=O)CC)OC(=O)CC. The van der Waals surface area contributed by atoms with E-state index >= 15 is 0 Å². The number of hydroxylamine groups is 2. The van der Waals surface area contributed by atoms with Gasteiger partial charge in [-0.1, -0.05) is 47.0 Å². The fraction of sp³-hybridized carbons (Fsp3) is 0.857. The summed E-state index contributed by atoms with van der Waals surface area (Å²) in [6, 6.07) is 0. The zero-order valence-corrected chi connectivity index (χ0v) is 12.6. The number of carbonyl (C=O) groups is 2. The standard InChI is InChI=1S/C14H27NO4/c1-5-9-10-12(6-2)11-15(18-13(16)7-3)19-14(17)8-4/h12H,5-11H2,1-4H3. The van der Waals surface area contributed by atoms with Crippen LogP contribution >= 0.6 is 0 Å². The number of rotatable bonds is 10. The van der Waals surface area contributed by atoms with Crippen LogP contribution in [-0.2, 0) is 19.3 Å². The van der Waals surface area contributed by atoms with Crippen molar-refractivity contribution in [2.24, 2.45) is 5.92 Å². The molecule has 0 saturated heterocycles. The highest BCUT2D eigenvalue weighted by Crippen LogP contribution is 2.15. The first-order chi connectivity index (χ1) is 9.07. The molecule has 0 aromatic heterocycles. The quantitative estimate of drug-likeness (QED) is 0.572. The van der Waals surface area contributed by atoms with Crippen LogP contribution in [-0.4, -0.2) is 23.7 Å². The Morgan fingerprint density at radius 2 is 1.53 bits per heavy atom. The van der Waals surface area contributed by atoms with E-state index < -0.39 is 11.9 Å². The van der Waals surface area contributed by atoms with Gasteiger partial charge in [-0.05, 0) is 12.3 Å². The second-order valence-electron chi connectivity index (χ2n) is 4.57. The Bertz CT molecular complexity index is 250. The van der Waals surface area contributed by atoms with Crippen LogP contribution in [0.2, 0.25) is 0 Å². The normalized spacial score (nSPS) is 12.3. The third-order valence-electron chi connectivity index (χ3n) is 2.94. The van der Waals surface area contributed by atoms with Gasteiger partial charge in [0.1, 0.15) is 0 Å². The van der Waals surface area contributed by atoms with Crippen molar-refractivity contribution in [2.75, 3.05) is 6.54 Å². The molecule has 1 atom stereocenters. The molecule has 0 radical (unpaired) electrons. The van der Waals surface area contributed by atoms with Crippen molar-refractivity contribution < 1.29 is 19.3 Å². The lowest BCUT2D eigenvalue weighted by molar-refractivity contribution is -0.329. The minimum atomic E-state index is -0.394. The van der Waals surface area contributed by atoms with Crippen molar-refractivity contribution in [3.05, 3.63) is 0 Å². The maximum absolute atomic E-state index is 11.3. The summed E-state index contributed by atoms with van der Waals surface area (Å²) in [6.45, 7) is 8.07. The van der Waals surface area contributed by atoms with Gasteiger partial charge in [-0.2, -0.15) is 0 Å². The van der Waals surface area contributed by atoms with Crippen molar-refractivity contribution in [2.45, 2.75) is 66.2 Å². The van der Waals surface area contributed by atoms with Crippen LogP contribution in [0.3, 0.4) is 0 Å². The lowest BCUT2D eigenvalue weighted by Crippen LogP contribution is -2.34. The highest BCUT2D eigenvalue weighted by molar-refractivity contribution is 5.69. The molecule has 19 heavy (non-hydrogen) atoms. The number of carbonyl (C=O) groups excluding carboxylic acids is 2. The van der Waals surface area contributed by atoms with Gasteiger partial charge in [0.05, 0.1) is 6.54 Å². The molecule has 0 spiro atoms. The maximum atomic E-state index is 11.3. The van der Waals surface area contributed by atoms with Gasteiger partial charge in [-0.25, -0.2) is 0 Å². The monoisotopic (exact) mass is 273 g/mol. The molecule has 0 amide bonds. The molecule has 1 unspecified atom stereocenters. The molecule has 0 fully saturated rings. The molecule has 0 aliphatic carbocycles. The Balaban J connectivity index is 4.43. The summed E-state index contributed by atoms with van der Waals surface area (Å²) in [5.41, 5.74) is 0. The molecule has 0 aliphatic rings. The molecule has 5 heteroatoms. The number of hydrogen-bond donors (Lipinski definition) is 0. The van der Waals surface area contributed by atoms with E-state index in [1.165, 1.54) is 0 Å². The highest BCUT2D eigenvalue weighted by atomic mass is 17.0. The minimum absolute atomic E-state index is 0.256.